The van der Waals surface area contributed by atoms with Gasteiger partial charge in [-0.3, -0.25) is 0 Å². The topological polar surface area (TPSA) is 41.5 Å². The van der Waals surface area contributed by atoms with E-state index in [1.807, 2.05) is 0 Å². The van der Waals surface area contributed by atoms with Gasteiger partial charge < -0.3 is 15.2 Å². The molecule has 0 amide bonds. The zero-order valence-corrected chi connectivity index (χ0v) is 13.1. The van der Waals surface area contributed by atoms with E-state index in [2.05, 4.69) is 26.1 Å². The number of aliphatic hydroxyl groups excluding tert-OH is 1. The third-order valence-corrected chi connectivity index (χ3v) is 4.07. The third-order valence-electron chi connectivity index (χ3n) is 4.07. The van der Waals surface area contributed by atoms with Crippen LogP contribution >= 0.6 is 0 Å². The van der Waals surface area contributed by atoms with Gasteiger partial charge in [0, 0.05) is 19.2 Å². The van der Waals surface area contributed by atoms with Crippen LogP contribution < -0.4 is 5.32 Å². The van der Waals surface area contributed by atoms with Crippen LogP contribution in [0.3, 0.4) is 0 Å². The Morgan fingerprint density at radius 3 is 2.47 bits per heavy atom. The SMILES string of the molecule is CCCCCCCCOCC(O)CNC1CC1(C)C. The summed E-state index contributed by atoms with van der Waals surface area (Å²) in [5.74, 6) is 0. The molecule has 3 nitrogen and oxygen atoms in total. The van der Waals surface area contributed by atoms with Crippen LogP contribution in [0.25, 0.3) is 0 Å². The molecular formula is C16H33NO2. The van der Waals surface area contributed by atoms with Crippen molar-refractivity contribution in [1.29, 1.82) is 0 Å². The van der Waals surface area contributed by atoms with Crippen molar-refractivity contribution in [3.05, 3.63) is 0 Å². The van der Waals surface area contributed by atoms with Crippen molar-refractivity contribution in [1.82, 2.24) is 5.32 Å². The van der Waals surface area contributed by atoms with Crippen LogP contribution in [0, 0.1) is 5.41 Å². The molecule has 1 saturated carbocycles. The molecule has 0 aromatic rings. The number of ether oxygens (including phenoxy) is 1. The fourth-order valence-electron chi connectivity index (χ4n) is 2.36. The van der Waals surface area contributed by atoms with Crippen LogP contribution in [0.5, 0.6) is 0 Å². The Labute approximate surface area is 119 Å². The molecule has 2 atom stereocenters. The zero-order chi connectivity index (χ0) is 14.1. The summed E-state index contributed by atoms with van der Waals surface area (Å²) in [7, 11) is 0. The van der Waals surface area contributed by atoms with Crippen molar-refractivity contribution in [3.63, 3.8) is 0 Å². The number of hydrogen-bond acceptors (Lipinski definition) is 3. The number of unbranched alkanes of at least 4 members (excludes halogenated alkanes) is 5. The predicted octanol–water partition coefficient (Wildman–Crippen LogP) is 3.11. The highest BCUT2D eigenvalue weighted by Gasteiger charge is 2.45. The predicted molar refractivity (Wildman–Crippen MR) is 80.4 cm³/mol. The number of hydrogen-bond donors (Lipinski definition) is 2. The minimum Gasteiger partial charge on any atom is -0.389 e. The number of nitrogens with one attached hydrogen (secondary N) is 1. The third kappa shape index (κ3) is 7.91. The van der Waals surface area contributed by atoms with Gasteiger partial charge in [0.15, 0.2) is 0 Å². The van der Waals surface area contributed by atoms with Gasteiger partial charge >= 0.3 is 0 Å². The smallest absolute Gasteiger partial charge is 0.0897 e. The Bertz CT molecular complexity index is 231. The van der Waals surface area contributed by atoms with Crippen molar-refractivity contribution in [2.45, 2.75) is 77.9 Å². The monoisotopic (exact) mass is 271 g/mol. The van der Waals surface area contributed by atoms with Gasteiger partial charge in [-0.25, -0.2) is 0 Å². The lowest BCUT2D eigenvalue weighted by atomic mass is 10.1. The van der Waals surface area contributed by atoms with Crippen molar-refractivity contribution >= 4 is 0 Å². The lowest BCUT2D eigenvalue weighted by molar-refractivity contribution is 0.0349. The van der Waals surface area contributed by atoms with Crippen molar-refractivity contribution < 1.29 is 9.84 Å². The Morgan fingerprint density at radius 2 is 1.84 bits per heavy atom. The molecule has 114 valence electrons. The largest absolute Gasteiger partial charge is 0.389 e. The maximum atomic E-state index is 9.78. The van der Waals surface area contributed by atoms with E-state index in [1.54, 1.807) is 0 Å². The summed E-state index contributed by atoms with van der Waals surface area (Å²) in [5.41, 5.74) is 0.430. The van der Waals surface area contributed by atoms with E-state index in [0.29, 0.717) is 24.6 Å². The van der Waals surface area contributed by atoms with E-state index in [9.17, 15) is 5.11 Å². The standard InChI is InChI=1S/C16H33NO2/c1-4-5-6-7-8-9-10-19-13-14(18)12-17-15-11-16(15,2)3/h14-15,17-18H,4-13H2,1-3H3. The number of aliphatic hydroxyl groups is 1. The van der Waals surface area contributed by atoms with Gasteiger partial charge in [-0.15, -0.1) is 0 Å². The van der Waals surface area contributed by atoms with Crippen LogP contribution in [0.4, 0.5) is 0 Å². The Kier molecular flexibility index (Phi) is 7.96. The first-order chi connectivity index (χ1) is 9.06. The highest BCUT2D eigenvalue weighted by Crippen LogP contribution is 2.44. The second-order valence-corrected chi connectivity index (χ2v) is 6.65. The molecule has 0 aromatic heterocycles. The summed E-state index contributed by atoms with van der Waals surface area (Å²) in [4.78, 5) is 0. The molecule has 3 heteroatoms. The summed E-state index contributed by atoms with van der Waals surface area (Å²) in [6, 6.07) is 0.584. The van der Waals surface area contributed by atoms with Crippen LogP contribution in [0.2, 0.25) is 0 Å². The van der Waals surface area contributed by atoms with Crippen LogP contribution in [0.1, 0.15) is 65.7 Å². The van der Waals surface area contributed by atoms with E-state index in [1.165, 1.54) is 38.5 Å². The lowest BCUT2D eigenvalue weighted by Gasteiger charge is -2.13. The van der Waals surface area contributed by atoms with E-state index < -0.39 is 0 Å². The van der Waals surface area contributed by atoms with E-state index in [-0.39, 0.29) is 6.10 Å². The molecule has 2 unspecified atom stereocenters. The minimum absolute atomic E-state index is 0.364. The van der Waals surface area contributed by atoms with Gasteiger partial charge in [0.05, 0.1) is 12.7 Å². The summed E-state index contributed by atoms with van der Waals surface area (Å²) >= 11 is 0. The van der Waals surface area contributed by atoms with Gasteiger partial charge in [0.1, 0.15) is 0 Å². The van der Waals surface area contributed by atoms with E-state index in [0.717, 1.165) is 13.0 Å². The molecule has 1 rings (SSSR count). The Balaban J connectivity index is 1.81. The molecule has 0 radical (unpaired) electrons. The van der Waals surface area contributed by atoms with Crippen molar-refractivity contribution in [3.8, 4) is 0 Å². The Hall–Kier alpha value is -0.120. The summed E-state index contributed by atoms with van der Waals surface area (Å²) < 4.78 is 5.52. The average Bonchev–Trinajstić information content (AvgIpc) is 2.98. The molecule has 0 saturated heterocycles. The summed E-state index contributed by atoms with van der Waals surface area (Å²) in [5, 5.41) is 13.2. The molecule has 1 aliphatic carbocycles. The molecule has 19 heavy (non-hydrogen) atoms. The first kappa shape index (κ1) is 16.9. The Morgan fingerprint density at radius 1 is 1.21 bits per heavy atom. The van der Waals surface area contributed by atoms with Gasteiger partial charge in [0.2, 0.25) is 0 Å². The van der Waals surface area contributed by atoms with Crippen LogP contribution in [-0.2, 0) is 4.74 Å². The minimum atomic E-state index is -0.364. The fourth-order valence-corrected chi connectivity index (χ4v) is 2.36. The molecule has 2 N–H and O–H groups in total. The molecular weight excluding hydrogens is 238 g/mol. The highest BCUT2D eigenvalue weighted by molar-refractivity contribution is 5.01. The fraction of sp³-hybridized carbons (Fsp3) is 1.00. The van der Waals surface area contributed by atoms with E-state index >= 15 is 0 Å². The second-order valence-electron chi connectivity index (χ2n) is 6.65. The lowest BCUT2D eigenvalue weighted by Crippen LogP contribution is -2.33. The molecule has 0 heterocycles. The molecule has 0 spiro atoms. The first-order valence-electron chi connectivity index (χ1n) is 8.05. The van der Waals surface area contributed by atoms with Crippen LogP contribution in [-0.4, -0.2) is 37.0 Å². The second kappa shape index (κ2) is 8.93. The average molecular weight is 271 g/mol. The van der Waals surface area contributed by atoms with Gasteiger partial charge in [-0.05, 0) is 18.3 Å². The summed E-state index contributed by atoms with van der Waals surface area (Å²) in [6.07, 6.45) is 8.55. The van der Waals surface area contributed by atoms with Gasteiger partial charge in [0.25, 0.3) is 0 Å². The molecule has 0 aliphatic heterocycles. The molecule has 1 fully saturated rings. The van der Waals surface area contributed by atoms with E-state index in [4.69, 9.17) is 4.74 Å². The maximum Gasteiger partial charge on any atom is 0.0897 e. The van der Waals surface area contributed by atoms with Crippen LogP contribution in [0.15, 0.2) is 0 Å². The molecule has 0 bridgehead atoms. The zero-order valence-electron chi connectivity index (χ0n) is 13.1. The van der Waals surface area contributed by atoms with Crippen molar-refractivity contribution in [2.75, 3.05) is 19.8 Å². The molecule has 0 aromatic carbocycles. The number of rotatable bonds is 12. The normalized spacial score (nSPS) is 22.4. The van der Waals surface area contributed by atoms with Gasteiger partial charge in [-0.1, -0.05) is 52.9 Å². The first-order valence-corrected chi connectivity index (χ1v) is 8.05. The summed E-state index contributed by atoms with van der Waals surface area (Å²) in [6.45, 7) is 8.66. The van der Waals surface area contributed by atoms with Crippen molar-refractivity contribution in [2.24, 2.45) is 5.41 Å². The van der Waals surface area contributed by atoms with Gasteiger partial charge in [-0.2, -0.15) is 0 Å². The highest BCUT2D eigenvalue weighted by atomic mass is 16.5. The maximum absolute atomic E-state index is 9.78. The quantitative estimate of drug-likeness (QED) is 0.536. The molecule has 1 aliphatic rings.